The van der Waals surface area contributed by atoms with Gasteiger partial charge in [-0.3, -0.25) is 10.2 Å². The summed E-state index contributed by atoms with van der Waals surface area (Å²) in [4.78, 5) is 25.4. The molecule has 26 heavy (non-hydrogen) atoms. The summed E-state index contributed by atoms with van der Waals surface area (Å²) in [5.74, 6) is -1.08. The fourth-order valence-electron chi connectivity index (χ4n) is 3.05. The van der Waals surface area contributed by atoms with E-state index in [2.05, 4.69) is 10.5 Å². The number of rotatable bonds is 5. The van der Waals surface area contributed by atoms with Crippen LogP contribution in [0.2, 0.25) is 0 Å². The van der Waals surface area contributed by atoms with Gasteiger partial charge < -0.3 is 4.74 Å². The van der Waals surface area contributed by atoms with Crippen LogP contribution in [0, 0.1) is 13.8 Å². The molecule has 0 unspecified atom stereocenters. The number of nitrogens with zero attached hydrogens (tertiary/aromatic N) is 1. The van der Waals surface area contributed by atoms with Crippen molar-refractivity contribution in [2.24, 2.45) is 5.10 Å². The van der Waals surface area contributed by atoms with Gasteiger partial charge in [0, 0.05) is 5.56 Å². The van der Waals surface area contributed by atoms with Gasteiger partial charge >= 0.3 is 5.97 Å². The molecule has 2 aromatic carbocycles. The number of nitrogens with one attached hydrogen (secondary N) is 1. The van der Waals surface area contributed by atoms with Crippen LogP contribution in [0.1, 0.15) is 39.9 Å². The summed E-state index contributed by atoms with van der Waals surface area (Å²) >= 11 is 0. The van der Waals surface area contributed by atoms with E-state index < -0.39 is 17.9 Å². The highest BCUT2D eigenvalue weighted by atomic mass is 16.5. The molecule has 5 nitrogen and oxygen atoms in total. The summed E-state index contributed by atoms with van der Waals surface area (Å²) in [7, 11) is 0. The van der Waals surface area contributed by atoms with E-state index >= 15 is 0 Å². The molecule has 0 saturated carbocycles. The van der Waals surface area contributed by atoms with Crippen LogP contribution in [0.4, 0.5) is 0 Å². The molecule has 0 saturated heterocycles. The average Bonchev–Trinajstić information content (AvgIpc) is 3.08. The van der Waals surface area contributed by atoms with Crippen molar-refractivity contribution in [2.45, 2.75) is 32.7 Å². The van der Waals surface area contributed by atoms with Crippen LogP contribution in [-0.4, -0.2) is 30.1 Å². The molecule has 0 aromatic heterocycles. The van der Waals surface area contributed by atoms with Gasteiger partial charge in [0.2, 0.25) is 0 Å². The molecule has 2 atom stereocenters. The number of aryl methyl sites for hydroxylation is 2. The van der Waals surface area contributed by atoms with Crippen LogP contribution < -0.4 is 5.43 Å². The zero-order valence-electron chi connectivity index (χ0n) is 15.2. The molecule has 0 spiro atoms. The van der Waals surface area contributed by atoms with Gasteiger partial charge in [-0.25, -0.2) is 4.79 Å². The highest BCUT2D eigenvalue weighted by Gasteiger charge is 2.41. The van der Waals surface area contributed by atoms with Crippen molar-refractivity contribution in [3.8, 4) is 0 Å². The maximum absolute atomic E-state index is 13.0. The number of ether oxygens (including phenoxy) is 1. The first-order valence-electron chi connectivity index (χ1n) is 8.69. The molecule has 0 amide bonds. The molecule has 5 heteroatoms. The lowest BCUT2D eigenvalue weighted by Gasteiger charge is -2.20. The molecule has 0 bridgehead atoms. The van der Waals surface area contributed by atoms with Crippen LogP contribution in [0.5, 0.6) is 0 Å². The van der Waals surface area contributed by atoms with E-state index in [1.165, 1.54) is 0 Å². The number of Topliss-reactive ketones (excluding diaryl/α,β-unsaturated/α-hetero) is 1. The van der Waals surface area contributed by atoms with Crippen LogP contribution in [-0.2, 0) is 9.53 Å². The number of esters is 1. The quantitative estimate of drug-likeness (QED) is 0.664. The van der Waals surface area contributed by atoms with Gasteiger partial charge in [0.1, 0.15) is 6.04 Å². The van der Waals surface area contributed by atoms with E-state index in [1.54, 1.807) is 19.1 Å². The third-order valence-electron chi connectivity index (χ3n) is 4.49. The average molecular weight is 350 g/mol. The van der Waals surface area contributed by atoms with Gasteiger partial charge in [-0.05, 0) is 26.3 Å². The van der Waals surface area contributed by atoms with Crippen molar-refractivity contribution >= 4 is 17.5 Å². The van der Waals surface area contributed by atoms with Crippen LogP contribution >= 0.6 is 0 Å². The van der Waals surface area contributed by atoms with Gasteiger partial charge in [0.05, 0.1) is 12.5 Å². The first-order valence-corrected chi connectivity index (χ1v) is 8.69. The van der Waals surface area contributed by atoms with Crippen LogP contribution in [0.25, 0.3) is 0 Å². The Balaban J connectivity index is 1.96. The normalized spacial score (nSPS) is 18.8. The Morgan fingerprint density at radius 2 is 1.58 bits per heavy atom. The van der Waals surface area contributed by atoms with Gasteiger partial charge in [0.25, 0.3) is 0 Å². The summed E-state index contributed by atoms with van der Waals surface area (Å²) in [6.45, 7) is 5.97. The second kappa shape index (κ2) is 7.52. The maximum Gasteiger partial charge on any atom is 0.355 e. The lowest BCUT2D eigenvalue weighted by molar-refractivity contribution is -0.135. The Labute approximate surface area is 153 Å². The number of benzene rings is 2. The third-order valence-corrected chi connectivity index (χ3v) is 4.49. The van der Waals surface area contributed by atoms with E-state index in [-0.39, 0.29) is 18.1 Å². The highest BCUT2D eigenvalue weighted by molar-refractivity contribution is 6.40. The number of hydrazone groups is 1. The minimum atomic E-state index is -0.639. The van der Waals surface area contributed by atoms with Crippen molar-refractivity contribution in [1.82, 2.24) is 5.43 Å². The van der Waals surface area contributed by atoms with E-state index in [9.17, 15) is 9.59 Å². The summed E-state index contributed by atoms with van der Waals surface area (Å²) in [5.41, 5.74) is 6.73. The van der Waals surface area contributed by atoms with E-state index in [1.807, 2.05) is 50.2 Å². The number of ketones is 1. The van der Waals surface area contributed by atoms with Crippen molar-refractivity contribution in [1.29, 1.82) is 0 Å². The Hall–Kier alpha value is -2.95. The highest BCUT2D eigenvalue weighted by Crippen LogP contribution is 2.29. The monoisotopic (exact) mass is 350 g/mol. The Bertz CT molecular complexity index is 839. The predicted octanol–water partition coefficient (Wildman–Crippen LogP) is 3.16. The first kappa shape index (κ1) is 17.9. The lowest BCUT2D eigenvalue weighted by Crippen LogP contribution is -2.37. The Morgan fingerprint density at radius 3 is 2.15 bits per heavy atom. The number of hydrogen-bond acceptors (Lipinski definition) is 5. The van der Waals surface area contributed by atoms with Crippen molar-refractivity contribution < 1.29 is 14.3 Å². The molecule has 0 aliphatic carbocycles. The zero-order chi connectivity index (χ0) is 18.7. The van der Waals surface area contributed by atoms with E-state index in [0.29, 0.717) is 5.56 Å². The van der Waals surface area contributed by atoms with Gasteiger partial charge in [0.15, 0.2) is 11.5 Å². The topological polar surface area (TPSA) is 67.8 Å². The second-order valence-corrected chi connectivity index (χ2v) is 6.44. The second-order valence-electron chi connectivity index (χ2n) is 6.44. The summed E-state index contributed by atoms with van der Waals surface area (Å²) in [5, 5.41) is 4.15. The van der Waals surface area contributed by atoms with Gasteiger partial charge in [-0.15, -0.1) is 0 Å². The maximum atomic E-state index is 13.0. The standard InChI is InChI=1S/C21H22N2O3/c1-4-26-21(25)19-17(15-9-5-13(2)6-10-15)18(22-23-19)20(24)16-11-7-14(3)8-12-16/h5-12,17-18,22H,4H2,1-3H3/t17-,18-/m0/s1. The third kappa shape index (κ3) is 3.52. The summed E-state index contributed by atoms with van der Waals surface area (Å²) < 4.78 is 5.13. The fourth-order valence-corrected chi connectivity index (χ4v) is 3.05. The molecule has 0 fully saturated rings. The molecule has 1 heterocycles. The first-order chi connectivity index (χ1) is 12.5. The molecule has 1 aliphatic heterocycles. The van der Waals surface area contributed by atoms with Crippen molar-refractivity contribution in [3.05, 3.63) is 70.8 Å². The fraction of sp³-hybridized carbons (Fsp3) is 0.286. The molecule has 1 aliphatic rings. The molecule has 2 aromatic rings. The zero-order valence-corrected chi connectivity index (χ0v) is 15.2. The smallest absolute Gasteiger partial charge is 0.355 e. The lowest BCUT2D eigenvalue weighted by atomic mass is 9.84. The number of carbonyl (C=O) groups excluding carboxylic acids is 2. The van der Waals surface area contributed by atoms with Gasteiger partial charge in [-0.1, -0.05) is 59.7 Å². The van der Waals surface area contributed by atoms with Crippen LogP contribution in [0.3, 0.4) is 0 Å². The minimum absolute atomic E-state index is 0.0985. The van der Waals surface area contributed by atoms with Crippen LogP contribution in [0.15, 0.2) is 53.6 Å². The molecular formula is C21H22N2O3. The summed E-state index contributed by atoms with van der Waals surface area (Å²) in [6, 6.07) is 14.5. The van der Waals surface area contributed by atoms with E-state index in [0.717, 1.165) is 16.7 Å². The molecule has 3 rings (SSSR count). The molecule has 134 valence electrons. The SMILES string of the molecule is CCOC(=O)C1=NN[C@H](C(=O)c2ccc(C)cc2)[C@@H]1c1ccc(C)cc1. The number of carbonyl (C=O) groups is 2. The largest absolute Gasteiger partial charge is 0.461 e. The molecular weight excluding hydrogens is 328 g/mol. The van der Waals surface area contributed by atoms with E-state index in [4.69, 9.17) is 4.74 Å². The van der Waals surface area contributed by atoms with Gasteiger partial charge in [-0.2, -0.15) is 5.10 Å². The Morgan fingerprint density at radius 1 is 1.00 bits per heavy atom. The van der Waals surface area contributed by atoms with Crippen molar-refractivity contribution in [2.75, 3.05) is 6.61 Å². The summed E-state index contributed by atoms with van der Waals surface area (Å²) in [6.07, 6.45) is 0. The predicted molar refractivity (Wildman–Crippen MR) is 100 cm³/mol. The molecule has 0 radical (unpaired) electrons. The number of hydrogen-bond donors (Lipinski definition) is 1. The minimum Gasteiger partial charge on any atom is -0.461 e. The molecule has 1 N–H and O–H groups in total. The Kier molecular flexibility index (Phi) is 5.16. The van der Waals surface area contributed by atoms with Crippen molar-refractivity contribution in [3.63, 3.8) is 0 Å².